The van der Waals surface area contributed by atoms with Crippen LogP contribution in [0.1, 0.15) is 38.2 Å². The van der Waals surface area contributed by atoms with Crippen molar-refractivity contribution in [1.29, 1.82) is 0 Å². The number of sulfonamides is 1. The SMILES string of the molecule is CC12CCCC(/C=C/C(=O)NS(=O)(=O)c3ccc(F)cc3)=C1N(Cc1ccc(Cl)cc1Cl)C(=O)C2. The first-order chi connectivity index (χ1) is 16.5. The van der Waals surface area contributed by atoms with Gasteiger partial charge in [-0.05, 0) is 66.8 Å². The zero-order chi connectivity index (χ0) is 25.4. The van der Waals surface area contributed by atoms with Gasteiger partial charge in [-0.1, -0.05) is 42.3 Å². The Hall–Kier alpha value is -2.68. The molecule has 1 fully saturated rings. The lowest BCUT2D eigenvalue weighted by atomic mass is 9.74. The van der Waals surface area contributed by atoms with Gasteiger partial charge in [0.2, 0.25) is 5.91 Å². The molecule has 1 atom stereocenters. The molecule has 0 aromatic heterocycles. The fraction of sp³-hybridized carbons (Fsp3) is 0.280. The highest BCUT2D eigenvalue weighted by Crippen LogP contribution is 2.50. The van der Waals surface area contributed by atoms with Gasteiger partial charge in [0.25, 0.3) is 15.9 Å². The van der Waals surface area contributed by atoms with Crippen LogP contribution in [0, 0.1) is 11.2 Å². The molecule has 0 spiro atoms. The van der Waals surface area contributed by atoms with Crippen LogP contribution in [0.5, 0.6) is 0 Å². The van der Waals surface area contributed by atoms with Crippen molar-refractivity contribution in [1.82, 2.24) is 9.62 Å². The summed E-state index contributed by atoms with van der Waals surface area (Å²) in [5.41, 5.74) is 1.98. The van der Waals surface area contributed by atoms with Gasteiger partial charge in [-0.3, -0.25) is 9.59 Å². The van der Waals surface area contributed by atoms with Crippen molar-refractivity contribution in [2.24, 2.45) is 5.41 Å². The molecule has 4 rings (SSSR count). The first-order valence-corrected chi connectivity index (χ1v) is 13.2. The Kier molecular flexibility index (Phi) is 7.09. The van der Waals surface area contributed by atoms with Gasteiger partial charge in [-0.15, -0.1) is 0 Å². The molecule has 2 amide bonds. The van der Waals surface area contributed by atoms with E-state index in [9.17, 15) is 22.4 Å². The lowest BCUT2D eigenvalue weighted by molar-refractivity contribution is -0.127. The van der Waals surface area contributed by atoms with Gasteiger partial charge < -0.3 is 4.90 Å². The monoisotopic (exact) mass is 536 g/mol. The van der Waals surface area contributed by atoms with Crippen molar-refractivity contribution < 1.29 is 22.4 Å². The number of hydrogen-bond acceptors (Lipinski definition) is 4. The second-order valence-electron chi connectivity index (χ2n) is 8.94. The molecule has 1 N–H and O–H groups in total. The first kappa shape index (κ1) is 25.4. The number of carbonyl (C=O) groups is 2. The molecule has 35 heavy (non-hydrogen) atoms. The summed E-state index contributed by atoms with van der Waals surface area (Å²) < 4.78 is 39.9. The van der Waals surface area contributed by atoms with Crippen molar-refractivity contribution in [2.45, 2.75) is 44.0 Å². The van der Waals surface area contributed by atoms with Crippen LogP contribution in [-0.4, -0.2) is 25.1 Å². The quantitative estimate of drug-likeness (QED) is 0.503. The van der Waals surface area contributed by atoms with Crippen LogP contribution in [-0.2, 0) is 26.2 Å². The standard InChI is InChI=1S/C25H23Cl2FN2O4S/c1-25-12-2-3-16(5-11-22(31)29-35(33,34)20-9-7-19(28)8-10-20)24(25)30(23(32)14-25)15-17-4-6-18(26)13-21(17)27/h4-11,13H,2-3,12,14-15H2,1H3,(H,29,31)/b11-5+. The largest absolute Gasteiger partial charge is 0.311 e. The van der Waals surface area contributed by atoms with Gasteiger partial charge in [-0.2, -0.15) is 0 Å². The minimum absolute atomic E-state index is 0.0374. The van der Waals surface area contributed by atoms with Crippen molar-refractivity contribution in [3.05, 3.63) is 87.3 Å². The average Bonchev–Trinajstić information content (AvgIpc) is 3.03. The van der Waals surface area contributed by atoms with Crippen LogP contribution >= 0.6 is 23.2 Å². The summed E-state index contributed by atoms with van der Waals surface area (Å²) in [6.07, 6.45) is 5.34. The predicted molar refractivity (Wildman–Crippen MR) is 131 cm³/mol. The number of carbonyl (C=O) groups excluding carboxylic acids is 2. The highest BCUT2D eigenvalue weighted by molar-refractivity contribution is 7.90. The van der Waals surface area contributed by atoms with Gasteiger partial charge in [0, 0.05) is 33.7 Å². The normalized spacial score (nSPS) is 20.5. The smallest absolute Gasteiger partial charge is 0.264 e. The third-order valence-corrected chi connectivity index (χ3v) is 8.25. The van der Waals surface area contributed by atoms with E-state index < -0.39 is 21.7 Å². The lowest BCUT2D eigenvalue weighted by Crippen LogP contribution is -2.30. The van der Waals surface area contributed by atoms with E-state index in [4.69, 9.17) is 23.2 Å². The maximum Gasteiger partial charge on any atom is 0.264 e. The lowest BCUT2D eigenvalue weighted by Gasteiger charge is -2.34. The Bertz CT molecular complexity index is 1360. The molecular formula is C25H23Cl2FN2O4S. The van der Waals surface area contributed by atoms with Crippen molar-refractivity contribution in [3.63, 3.8) is 0 Å². The average molecular weight is 537 g/mol. The van der Waals surface area contributed by atoms with Crippen molar-refractivity contribution >= 4 is 45.0 Å². The maximum atomic E-state index is 13.1. The van der Waals surface area contributed by atoms with Crippen LogP contribution in [0.3, 0.4) is 0 Å². The van der Waals surface area contributed by atoms with Gasteiger partial charge in [0.05, 0.1) is 11.4 Å². The van der Waals surface area contributed by atoms with E-state index >= 15 is 0 Å². The fourth-order valence-electron chi connectivity index (χ4n) is 4.68. The Morgan fingerprint density at radius 3 is 2.60 bits per heavy atom. The predicted octanol–water partition coefficient (Wildman–Crippen LogP) is 5.37. The molecule has 1 aliphatic carbocycles. The summed E-state index contributed by atoms with van der Waals surface area (Å²) in [6, 6.07) is 9.28. The highest BCUT2D eigenvalue weighted by Gasteiger charge is 2.46. The Balaban J connectivity index is 1.60. The van der Waals surface area contributed by atoms with E-state index in [1.807, 2.05) is 11.6 Å². The molecule has 2 aromatic carbocycles. The fourth-order valence-corrected chi connectivity index (χ4v) is 6.10. The molecule has 184 valence electrons. The first-order valence-electron chi connectivity index (χ1n) is 11.0. The zero-order valence-corrected chi connectivity index (χ0v) is 21.2. The van der Waals surface area contributed by atoms with E-state index in [1.54, 1.807) is 29.2 Å². The zero-order valence-electron chi connectivity index (χ0n) is 18.9. The number of hydrogen-bond donors (Lipinski definition) is 1. The molecule has 1 saturated heterocycles. The number of nitrogens with zero attached hydrogens (tertiary/aromatic N) is 1. The molecule has 10 heteroatoms. The second-order valence-corrected chi connectivity index (χ2v) is 11.5. The Morgan fingerprint density at radius 1 is 1.20 bits per heavy atom. The highest BCUT2D eigenvalue weighted by atomic mass is 35.5. The number of nitrogens with one attached hydrogen (secondary N) is 1. The van der Waals surface area contributed by atoms with Crippen LogP contribution in [0.25, 0.3) is 0 Å². The van der Waals surface area contributed by atoms with Crippen LogP contribution < -0.4 is 4.72 Å². The van der Waals surface area contributed by atoms with Gasteiger partial charge >= 0.3 is 0 Å². The van der Waals surface area contributed by atoms with E-state index in [1.165, 1.54) is 0 Å². The summed E-state index contributed by atoms with van der Waals surface area (Å²) in [4.78, 5) is 26.9. The van der Waals surface area contributed by atoms with E-state index in [0.717, 1.165) is 60.0 Å². The summed E-state index contributed by atoms with van der Waals surface area (Å²) in [7, 11) is -4.15. The summed E-state index contributed by atoms with van der Waals surface area (Å²) in [6.45, 7) is 2.29. The summed E-state index contributed by atoms with van der Waals surface area (Å²) >= 11 is 12.3. The van der Waals surface area contributed by atoms with E-state index in [2.05, 4.69) is 0 Å². The van der Waals surface area contributed by atoms with E-state index in [0.29, 0.717) is 22.9 Å². The third-order valence-electron chi connectivity index (χ3n) is 6.30. The molecule has 2 aliphatic rings. The molecule has 0 radical (unpaired) electrons. The molecule has 6 nitrogen and oxygen atoms in total. The molecular weight excluding hydrogens is 514 g/mol. The third kappa shape index (κ3) is 5.44. The Morgan fingerprint density at radius 2 is 1.91 bits per heavy atom. The minimum Gasteiger partial charge on any atom is -0.311 e. The minimum atomic E-state index is -4.15. The van der Waals surface area contributed by atoms with Crippen LogP contribution in [0.15, 0.2) is 70.8 Å². The van der Waals surface area contributed by atoms with Crippen molar-refractivity contribution in [3.8, 4) is 0 Å². The van der Waals surface area contributed by atoms with Crippen molar-refractivity contribution in [2.75, 3.05) is 0 Å². The number of allylic oxidation sites excluding steroid dienone is 3. The van der Waals surface area contributed by atoms with Gasteiger partial charge in [0.15, 0.2) is 0 Å². The topological polar surface area (TPSA) is 83.6 Å². The van der Waals surface area contributed by atoms with Gasteiger partial charge in [0.1, 0.15) is 5.82 Å². The van der Waals surface area contributed by atoms with Crippen LogP contribution in [0.4, 0.5) is 4.39 Å². The Labute approximate surface area is 213 Å². The van der Waals surface area contributed by atoms with E-state index in [-0.39, 0.29) is 22.8 Å². The number of amides is 2. The number of halogens is 3. The molecule has 1 heterocycles. The molecule has 1 unspecified atom stereocenters. The number of rotatable bonds is 6. The van der Waals surface area contributed by atoms with Crippen LogP contribution in [0.2, 0.25) is 10.0 Å². The molecule has 0 bridgehead atoms. The number of benzene rings is 2. The molecule has 0 saturated carbocycles. The number of fused-ring (bicyclic) bond motifs is 1. The summed E-state index contributed by atoms with van der Waals surface area (Å²) in [5, 5.41) is 0.955. The molecule has 2 aromatic rings. The molecule has 1 aliphatic heterocycles. The summed E-state index contributed by atoms with van der Waals surface area (Å²) in [5.74, 6) is -1.46. The number of likely N-dealkylation sites (tertiary alicyclic amines) is 1. The van der Waals surface area contributed by atoms with Gasteiger partial charge in [-0.25, -0.2) is 17.5 Å². The second kappa shape index (κ2) is 9.76. The maximum absolute atomic E-state index is 13.1.